The van der Waals surface area contributed by atoms with E-state index in [0.29, 0.717) is 19.4 Å². The molecule has 2 rings (SSSR count). The van der Waals surface area contributed by atoms with Gasteiger partial charge in [0.2, 0.25) is 10.0 Å². The molecule has 106 valence electrons. The molecular weight excluding hydrogens is 288 g/mol. The van der Waals surface area contributed by atoms with Gasteiger partial charge in [-0.2, -0.15) is 4.31 Å². The van der Waals surface area contributed by atoms with Gasteiger partial charge < -0.3 is 4.74 Å². The number of nitrogens with zero attached hydrogens (tertiary/aromatic N) is 2. The molecule has 7 heteroatoms. The first-order chi connectivity index (χ1) is 8.95. The Morgan fingerprint density at radius 2 is 2.26 bits per heavy atom. The molecule has 1 aromatic rings. The molecule has 0 aromatic carbocycles. The van der Waals surface area contributed by atoms with Gasteiger partial charge in [0, 0.05) is 25.9 Å². The number of piperidine rings is 1. The molecule has 5 nitrogen and oxygen atoms in total. The van der Waals surface area contributed by atoms with Crippen molar-refractivity contribution in [2.45, 2.75) is 36.8 Å². The van der Waals surface area contributed by atoms with Crippen molar-refractivity contribution in [1.29, 1.82) is 0 Å². The summed E-state index contributed by atoms with van der Waals surface area (Å²) in [6, 6.07) is 2.76. The molecule has 2 atom stereocenters. The smallest absolute Gasteiger partial charge is 0.243 e. The largest absolute Gasteiger partial charge is 0.381 e. The minimum absolute atomic E-state index is 0.0874. The third-order valence-electron chi connectivity index (χ3n) is 3.41. The summed E-state index contributed by atoms with van der Waals surface area (Å²) in [6.45, 7) is 2.35. The molecule has 1 saturated heterocycles. The molecule has 19 heavy (non-hydrogen) atoms. The van der Waals surface area contributed by atoms with Gasteiger partial charge >= 0.3 is 0 Å². The third kappa shape index (κ3) is 3.08. The predicted molar refractivity (Wildman–Crippen MR) is 72.6 cm³/mol. The van der Waals surface area contributed by atoms with Gasteiger partial charge in [-0.3, -0.25) is 0 Å². The number of sulfonamides is 1. The third-order valence-corrected chi connectivity index (χ3v) is 5.62. The van der Waals surface area contributed by atoms with E-state index in [2.05, 4.69) is 4.98 Å². The first kappa shape index (κ1) is 14.7. The van der Waals surface area contributed by atoms with E-state index in [9.17, 15) is 8.42 Å². The van der Waals surface area contributed by atoms with Gasteiger partial charge in [0.05, 0.1) is 11.0 Å². The van der Waals surface area contributed by atoms with Crippen molar-refractivity contribution in [2.75, 3.05) is 13.7 Å². The van der Waals surface area contributed by atoms with Crippen molar-refractivity contribution < 1.29 is 13.2 Å². The second-order valence-corrected chi connectivity index (χ2v) is 6.94. The van der Waals surface area contributed by atoms with Crippen molar-refractivity contribution in [1.82, 2.24) is 9.29 Å². The minimum atomic E-state index is -3.51. The van der Waals surface area contributed by atoms with Crippen LogP contribution in [0.5, 0.6) is 0 Å². The summed E-state index contributed by atoms with van der Waals surface area (Å²) >= 11 is 5.76. The highest BCUT2D eigenvalue weighted by Crippen LogP contribution is 2.26. The Hall–Kier alpha value is -0.690. The first-order valence-corrected chi connectivity index (χ1v) is 7.93. The SMILES string of the molecule is COC1CCN(S(=O)(=O)c2ccnc(Cl)c2)C(C)C1. The zero-order chi connectivity index (χ0) is 14.0. The predicted octanol–water partition coefficient (Wildman–Crippen LogP) is 1.92. The number of ether oxygens (including phenoxy) is 1. The normalized spacial score (nSPS) is 25.4. The van der Waals surface area contributed by atoms with Gasteiger partial charge in [-0.05, 0) is 31.9 Å². The first-order valence-electron chi connectivity index (χ1n) is 6.11. The van der Waals surface area contributed by atoms with Crippen molar-refractivity contribution in [2.24, 2.45) is 0 Å². The summed E-state index contributed by atoms with van der Waals surface area (Å²) < 4.78 is 31.9. The molecule has 0 saturated carbocycles. The van der Waals surface area contributed by atoms with E-state index in [1.54, 1.807) is 7.11 Å². The molecule has 0 N–H and O–H groups in total. The topological polar surface area (TPSA) is 59.5 Å². The van der Waals surface area contributed by atoms with Gasteiger partial charge in [-0.15, -0.1) is 0 Å². The molecule has 2 heterocycles. The van der Waals surface area contributed by atoms with Crippen LogP contribution >= 0.6 is 11.6 Å². The lowest BCUT2D eigenvalue weighted by molar-refractivity contribution is 0.0422. The van der Waals surface area contributed by atoms with Crippen LogP contribution in [0.2, 0.25) is 5.15 Å². The van der Waals surface area contributed by atoms with Crippen LogP contribution in [-0.2, 0) is 14.8 Å². The lowest BCUT2D eigenvalue weighted by Gasteiger charge is -2.36. The van der Waals surface area contributed by atoms with Crippen LogP contribution in [0.1, 0.15) is 19.8 Å². The van der Waals surface area contributed by atoms with Gasteiger partial charge in [0.1, 0.15) is 5.15 Å². The summed E-state index contributed by atoms with van der Waals surface area (Å²) in [6.07, 6.45) is 2.94. The van der Waals surface area contributed by atoms with Gasteiger partial charge in [0.15, 0.2) is 0 Å². The molecule has 0 bridgehead atoms. The summed E-state index contributed by atoms with van der Waals surface area (Å²) in [5.74, 6) is 0. The van der Waals surface area contributed by atoms with Crippen LogP contribution in [-0.4, -0.2) is 43.5 Å². The Labute approximate surface area is 118 Å². The maximum atomic E-state index is 12.5. The van der Waals surface area contributed by atoms with Gasteiger partial charge in [-0.25, -0.2) is 13.4 Å². The molecular formula is C12H17ClN2O3S. The average Bonchev–Trinajstić information content (AvgIpc) is 2.38. The number of rotatable bonds is 3. The van der Waals surface area contributed by atoms with Crippen molar-refractivity contribution >= 4 is 21.6 Å². The molecule has 0 amide bonds. The fourth-order valence-electron chi connectivity index (χ4n) is 2.36. The molecule has 0 aliphatic carbocycles. The Morgan fingerprint density at radius 1 is 1.53 bits per heavy atom. The number of aromatic nitrogens is 1. The number of hydrogen-bond acceptors (Lipinski definition) is 4. The number of methoxy groups -OCH3 is 1. The summed E-state index contributed by atoms with van der Waals surface area (Å²) in [4.78, 5) is 4.00. The van der Waals surface area contributed by atoms with Crippen LogP contribution in [0.25, 0.3) is 0 Å². The van der Waals surface area contributed by atoms with Crippen LogP contribution < -0.4 is 0 Å². The molecule has 1 aromatic heterocycles. The molecule has 2 unspecified atom stereocenters. The lowest BCUT2D eigenvalue weighted by atomic mass is 10.0. The van der Waals surface area contributed by atoms with E-state index >= 15 is 0 Å². The highest BCUT2D eigenvalue weighted by Gasteiger charge is 2.34. The zero-order valence-corrected chi connectivity index (χ0v) is 12.5. The number of pyridine rings is 1. The van der Waals surface area contributed by atoms with Crippen LogP contribution in [0.15, 0.2) is 23.2 Å². The van der Waals surface area contributed by atoms with Crippen molar-refractivity contribution in [3.8, 4) is 0 Å². The van der Waals surface area contributed by atoms with Crippen LogP contribution in [0.4, 0.5) is 0 Å². The van der Waals surface area contributed by atoms with E-state index in [1.165, 1.54) is 22.6 Å². The maximum Gasteiger partial charge on any atom is 0.243 e. The van der Waals surface area contributed by atoms with E-state index in [-0.39, 0.29) is 22.2 Å². The average molecular weight is 305 g/mol. The maximum absolute atomic E-state index is 12.5. The molecule has 1 aliphatic rings. The Morgan fingerprint density at radius 3 is 2.84 bits per heavy atom. The number of halogens is 1. The minimum Gasteiger partial charge on any atom is -0.381 e. The molecule has 1 fully saturated rings. The van der Waals surface area contributed by atoms with E-state index in [4.69, 9.17) is 16.3 Å². The monoisotopic (exact) mass is 304 g/mol. The Bertz CT molecular complexity index is 550. The quantitative estimate of drug-likeness (QED) is 0.801. The Balaban J connectivity index is 2.26. The molecule has 0 radical (unpaired) electrons. The second kappa shape index (κ2) is 5.75. The highest BCUT2D eigenvalue weighted by atomic mass is 35.5. The Kier molecular flexibility index (Phi) is 4.45. The van der Waals surface area contributed by atoms with Crippen molar-refractivity contribution in [3.05, 3.63) is 23.5 Å². The fraction of sp³-hybridized carbons (Fsp3) is 0.583. The van der Waals surface area contributed by atoms with E-state index < -0.39 is 10.0 Å². The summed E-state index contributed by atoms with van der Waals surface area (Å²) in [5.41, 5.74) is 0. The summed E-state index contributed by atoms with van der Waals surface area (Å²) in [5, 5.41) is 0.181. The number of hydrogen-bond donors (Lipinski definition) is 0. The van der Waals surface area contributed by atoms with E-state index in [0.717, 1.165) is 0 Å². The van der Waals surface area contributed by atoms with Crippen molar-refractivity contribution in [3.63, 3.8) is 0 Å². The van der Waals surface area contributed by atoms with Crippen LogP contribution in [0, 0.1) is 0 Å². The fourth-order valence-corrected chi connectivity index (χ4v) is 4.27. The standard InChI is InChI=1S/C12H17ClN2O3S/c1-9-7-10(18-2)4-6-15(9)19(16,17)11-3-5-14-12(13)8-11/h3,5,8-10H,4,6-7H2,1-2H3. The van der Waals surface area contributed by atoms with Crippen LogP contribution in [0.3, 0.4) is 0 Å². The van der Waals surface area contributed by atoms with Gasteiger partial charge in [0.25, 0.3) is 0 Å². The van der Waals surface area contributed by atoms with E-state index in [1.807, 2.05) is 6.92 Å². The molecule has 0 spiro atoms. The highest BCUT2D eigenvalue weighted by molar-refractivity contribution is 7.89. The lowest BCUT2D eigenvalue weighted by Crippen LogP contribution is -2.46. The molecule has 1 aliphatic heterocycles. The second-order valence-electron chi connectivity index (χ2n) is 4.66. The zero-order valence-electron chi connectivity index (χ0n) is 10.9. The van der Waals surface area contributed by atoms with Gasteiger partial charge in [-0.1, -0.05) is 11.6 Å². The summed E-state index contributed by atoms with van der Waals surface area (Å²) in [7, 11) is -1.86.